The Labute approximate surface area is 330 Å². The zero-order valence-corrected chi connectivity index (χ0v) is 31.4. The third-order valence-corrected chi connectivity index (χ3v) is 12.4. The number of thioether (sulfide) groups is 2. The number of hydrogen-bond donors (Lipinski definition) is 14. The first-order chi connectivity index (χ1) is 27.1. The van der Waals surface area contributed by atoms with E-state index in [0.29, 0.717) is 11.4 Å². The lowest BCUT2D eigenvalue weighted by atomic mass is 9.97. The molecule has 0 spiro atoms. The Morgan fingerprint density at radius 3 is 1.19 bits per heavy atom. The van der Waals surface area contributed by atoms with Crippen LogP contribution in [-0.2, 0) is 48.3 Å². The molecule has 4 saturated heterocycles. The number of rotatable bonds is 14. The van der Waals surface area contributed by atoms with Gasteiger partial charge in [0.05, 0.1) is 37.7 Å². The van der Waals surface area contributed by atoms with Crippen molar-refractivity contribution >= 4 is 23.5 Å². The SMILES string of the molecule is OC[C@H]1O[C@@H](SCc2cn(C[C@H]3O[C@H](O[C@H]4O[C@H](Cn5cc(CS[C@@H]6O[C@H](CO)[C@H](O)[C@H](O)[C@H]6O)nn5)[C@@H](O)[C@@H](O)[C@@H]4O)[C@H](O)[C@@H](O)[C@@H]3O)nn2)[C@H](O)[C@@H](O)[C@H]1O. The summed E-state index contributed by atoms with van der Waals surface area (Å²) in [6.45, 7) is -1.67. The second-order valence-electron chi connectivity index (χ2n) is 14.0. The van der Waals surface area contributed by atoms with Crippen molar-refractivity contribution in [2.75, 3.05) is 13.2 Å². The van der Waals surface area contributed by atoms with E-state index in [1.54, 1.807) is 0 Å². The summed E-state index contributed by atoms with van der Waals surface area (Å²) in [6, 6.07) is 0. The van der Waals surface area contributed by atoms with Crippen LogP contribution in [0.3, 0.4) is 0 Å². The lowest BCUT2D eigenvalue weighted by Crippen LogP contribution is -2.63. The first-order valence-corrected chi connectivity index (χ1v) is 19.9. The standard InChI is InChI=1S/C30H48N6O19S2/c37-5-13-17(41)21(45)25(49)29(53-13)56-7-9-1-35(33-31-9)3-11-15(39)19(43)23(47)27(51-11)55-28-24(48)20(44)16(40)12(52-28)4-36-2-10(32-34-36)8-57-30-26(50)22(46)18(42)14(6-38)54-30/h1-2,11-30,37-50H,3-8H2/t11-,12-,13-,14-,15-,16-,17+,18+,19-,20+,21+,22+,23+,24-,25-,26-,27-,28-,29+,30+/m1/s1. The molecule has 0 bridgehead atoms. The van der Waals surface area contributed by atoms with Gasteiger partial charge in [-0.05, 0) is 0 Å². The Morgan fingerprint density at radius 2 is 0.825 bits per heavy atom. The number of aliphatic hydroxyl groups excluding tert-OH is 14. The molecule has 6 rings (SSSR count). The highest BCUT2D eigenvalue weighted by Gasteiger charge is 2.50. The summed E-state index contributed by atoms with van der Waals surface area (Å²) in [4.78, 5) is 0. The molecule has 14 N–H and O–H groups in total. The van der Waals surface area contributed by atoms with E-state index in [1.165, 1.54) is 21.8 Å². The van der Waals surface area contributed by atoms with E-state index in [0.717, 1.165) is 23.5 Å². The maximum Gasteiger partial charge on any atom is 0.189 e. The second-order valence-corrected chi connectivity index (χ2v) is 16.2. The maximum atomic E-state index is 10.7. The molecule has 2 aromatic heterocycles. The minimum Gasteiger partial charge on any atom is -0.394 e. The Hall–Kier alpha value is -1.78. The third kappa shape index (κ3) is 9.90. The number of ether oxygens (including phenoxy) is 5. The van der Waals surface area contributed by atoms with Gasteiger partial charge in [0.25, 0.3) is 0 Å². The number of hydrogen-bond acceptors (Lipinski definition) is 25. The van der Waals surface area contributed by atoms with Crippen LogP contribution in [0.1, 0.15) is 11.4 Å². The molecule has 0 aliphatic carbocycles. The van der Waals surface area contributed by atoms with Crippen molar-refractivity contribution in [2.24, 2.45) is 0 Å². The molecule has 6 heterocycles. The molecule has 2 aromatic rings. The highest BCUT2D eigenvalue weighted by atomic mass is 32.2. The van der Waals surface area contributed by atoms with E-state index in [9.17, 15) is 71.5 Å². The van der Waals surface area contributed by atoms with Crippen LogP contribution >= 0.6 is 23.5 Å². The summed E-state index contributed by atoms with van der Waals surface area (Å²) in [5.41, 5.74) is -1.35. The summed E-state index contributed by atoms with van der Waals surface area (Å²) in [5.74, 6) is 0.181. The minimum atomic E-state index is -1.88. The minimum absolute atomic E-state index is 0.0904. The summed E-state index contributed by atoms with van der Waals surface area (Å²) >= 11 is 2.02. The van der Waals surface area contributed by atoms with Crippen molar-refractivity contribution in [2.45, 2.75) is 146 Å². The molecule has 20 atom stereocenters. The molecular weight excluding hydrogens is 812 g/mol. The van der Waals surface area contributed by atoms with Gasteiger partial charge in [0.15, 0.2) is 12.6 Å². The zero-order valence-electron chi connectivity index (χ0n) is 29.7. The monoisotopic (exact) mass is 860 g/mol. The molecule has 324 valence electrons. The quantitative estimate of drug-likeness (QED) is 0.0838. The largest absolute Gasteiger partial charge is 0.394 e. The molecule has 57 heavy (non-hydrogen) atoms. The van der Waals surface area contributed by atoms with Crippen LogP contribution < -0.4 is 0 Å². The van der Waals surface area contributed by atoms with Gasteiger partial charge in [-0.1, -0.05) is 10.4 Å². The summed E-state index contributed by atoms with van der Waals surface area (Å²) < 4.78 is 30.6. The zero-order chi connectivity index (χ0) is 41.3. The van der Waals surface area contributed by atoms with E-state index >= 15 is 0 Å². The van der Waals surface area contributed by atoms with Crippen molar-refractivity contribution in [3.8, 4) is 0 Å². The average molecular weight is 861 g/mol. The van der Waals surface area contributed by atoms with Crippen LogP contribution in [0.4, 0.5) is 0 Å². The Kier molecular flexibility index (Phi) is 15.2. The van der Waals surface area contributed by atoms with Crippen LogP contribution in [0.2, 0.25) is 0 Å². The van der Waals surface area contributed by atoms with Gasteiger partial charge in [-0.3, -0.25) is 0 Å². The highest BCUT2D eigenvalue weighted by Crippen LogP contribution is 2.33. The van der Waals surface area contributed by atoms with Gasteiger partial charge in [0, 0.05) is 23.9 Å². The van der Waals surface area contributed by atoms with Gasteiger partial charge in [-0.25, -0.2) is 9.36 Å². The summed E-state index contributed by atoms with van der Waals surface area (Å²) in [7, 11) is 0. The fourth-order valence-corrected chi connectivity index (χ4v) is 8.69. The van der Waals surface area contributed by atoms with E-state index in [-0.39, 0.29) is 24.6 Å². The normalized spacial score (nSPS) is 44.3. The van der Waals surface area contributed by atoms with E-state index in [2.05, 4.69) is 20.6 Å². The van der Waals surface area contributed by atoms with Crippen LogP contribution in [0, 0.1) is 0 Å². The highest BCUT2D eigenvalue weighted by molar-refractivity contribution is 7.99. The van der Waals surface area contributed by atoms with Crippen molar-refractivity contribution in [3.63, 3.8) is 0 Å². The Morgan fingerprint density at radius 1 is 0.474 bits per heavy atom. The van der Waals surface area contributed by atoms with Crippen LogP contribution in [-0.4, -0.2) is 236 Å². The summed E-state index contributed by atoms with van der Waals surface area (Å²) in [5, 5.41) is 160. The lowest BCUT2D eigenvalue weighted by Gasteiger charge is -2.45. The van der Waals surface area contributed by atoms with Gasteiger partial charge < -0.3 is 95.2 Å². The molecule has 4 aliphatic heterocycles. The van der Waals surface area contributed by atoms with E-state index in [4.69, 9.17) is 23.7 Å². The second kappa shape index (κ2) is 19.3. The Bertz CT molecular complexity index is 1460. The topological polar surface area (TPSA) is 391 Å². The molecule has 4 fully saturated rings. The molecule has 4 aliphatic rings. The number of nitrogens with zero attached hydrogens (tertiary/aromatic N) is 6. The fraction of sp³-hybridized carbons (Fsp3) is 0.867. The molecule has 25 nitrogen and oxygen atoms in total. The maximum absolute atomic E-state index is 10.7. The molecule has 0 unspecified atom stereocenters. The van der Waals surface area contributed by atoms with E-state index < -0.39 is 134 Å². The van der Waals surface area contributed by atoms with Gasteiger partial charge in [-0.2, -0.15) is 0 Å². The Balaban J connectivity index is 1.03. The number of aromatic nitrogens is 6. The average Bonchev–Trinajstić information content (AvgIpc) is 3.86. The van der Waals surface area contributed by atoms with Crippen molar-refractivity contribution in [1.29, 1.82) is 0 Å². The number of aliphatic hydroxyl groups is 14. The van der Waals surface area contributed by atoms with Crippen molar-refractivity contribution < 1.29 is 95.2 Å². The molecule has 0 aromatic carbocycles. The molecular formula is C30H48N6O19S2. The van der Waals surface area contributed by atoms with Crippen molar-refractivity contribution in [3.05, 3.63) is 23.8 Å². The molecule has 0 amide bonds. The van der Waals surface area contributed by atoms with Gasteiger partial charge >= 0.3 is 0 Å². The van der Waals surface area contributed by atoms with Crippen LogP contribution in [0.5, 0.6) is 0 Å². The predicted molar refractivity (Wildman–Crippen MR) is 185 cm³/mol. The lowest BCUT2D eigenvalue weighted by molar-refractivity contribution is -0.375. The molecule has 0 saturated carbocycles. The first-order valence-electron chi connectivity index (χ1n) is 17.8. The van der Waals surface area contributed by atoms with Gasteiger partial charge in [-0.15, -0.1) is 33.7 Å². The molecule has 27 heteroatoms. The smallest absolute Gasteiger partial charge is 0.189 e. The van der Waals surface area contributed by atoms with Crippen molar-refractivity contribution in [1.82, 2.24) is 30.0 Å². The van der Waals surface area contributed by atoms with Crippen LogP contribution in [0.25, 0.3) is 0 Å². The summed E-state index contributed by atoms with van der Waals surface area (Å²) in [6.07, 6.45) is -25.2. The van der Waals surface area contributed by atoms with Gasteiger partial charge in [0.1, 0.15) is 109 Å². The van der Waals surface area contributed by atoms with Gasteiger partial charge in [0.2, 0.25) is 0 Å². The fourth-order valence-electron chi connectivity index (χ4n) is 6.59. The van der Waals surface area contributed by atoms with Crippen LogP contribution in [0.15, 0.2) is 12.4 Å². The van der Waals surface area contributed by atoms with E-state index in [1.807, 2.05) is 0 Å². The predicted octanol–water partition coefficient (Wildman–Crippen LogP) is -8.73. The third-order valence-electron chi connectivity index (χ3n) is 10.00. The first kappa shape index (κ1) is 44.8. The molecule has 0 radical (unpaired) electrons.